The van der Waals surface area contributed by atoms with E-state index in [4.69, 9.17) is 0 Å². The van der Waals surface area contributed by atoms with E-state index in [0.29, 0.717) is 5.69 Å². The Morgan fingerprint density at radius 3 is 2.31 bits per heavy atom. The van der Waals surface area contributed by atoms with Gasteiger partial charge in [-0.3, -0.25) is 14.4 Å². The molecule has 0 aliphatic heterocycles. The summed E-state index contributed by atoms with van der Waals surface area (Å²) in [6, 6.07) is 10.6. The fourth-order valence-corrected chi connectivity index (χ4v) is 2.07. The Hall–Kier alpha value is -3.29. The predicted octanol–water partition coefficient (Wildman–Crippen LogP) is 1.79. The van der Waals surface area contributed by atoms with Crippen molar-refractivity contribution >= 4 is 23.4 Å². The van der Waals surface area contributed by atoms with Crippen molar-refractivity contribution in [3.8, 4) is 0 Å². The zero-order chi connectivity index (χ0) is 19.1. The summed E-state index contributed by atoms with van der Waals surface area (Å²) in [5.74, 6) is -2.84. The van der Waals surface area contributed by atoms with E-state index in [1.54, 1.807) is 0 Å². The molecule has 0 fully saturated rings. The number of hydrogen-bond donors (Lipinski definition) is 2. The number of nitrogens with one attached hydrogen (secondary N) is 2. The van der Waals surface area contributed by atoms with Gasteiger partial charge >= 0.3 is 0 Å². The minimum atomic E-state index is -0.722. The molecule has 3 amide bonds. The molecule has 6 nitrogen and oxygen atoms in total. The number of carbonyl (C=O) groups excluding carboxylic acids is 3. The van der Waals surface area contributed by atoms with E-state index < -0.39 is 29.4 Å². The zero-order valence-corrected chi connectivity index (χ0v) is 14.0. The van der Waals surface area contributed by atoms with E-state index in [2.05, 4.69) is 10.6 Å². The Labute approximate surface area is 148 Å². The van der Waals surface area contributed by atoms with Crippen molar-refractivity contribution in [1.82, 2.24) is 10.2 Å². The number of halogens is 2. The Bertz CT molecular complexity index is 810. The van der Waals surface area contributed by atoms with Crippen molar-refractivity contribution < 1.29 is 23.2 Å². The van der Waals surface area contributed by atoms with Gasteiger partial charge in [0.15, 0.2) is 0 Å². The third kappa shape index (κ3) is 5.37. The topological polar surface area (TPSA) is 78.5 Å². The van der Waals surface area contributed by atoms with Gasteiger partial charge < -0.3 is 15.5 Å². The molecule has 26 heavy (non-hydrogen) atoms. The van der Waals surface area contributed by atoms with E-state index in [1.807, 2.05) is 0 Å². The fourth-order valence-electron chi connectivity index (χ4n) is 2.07. The maximum absolute atomic E-state index is 13.5. The molecule has 2 aromatic rings. The van der Waals surface area contributed by atoms with Crippen LogP contribution in [-0.4, -0.2) is 42.8 Å². The molecule has 0 aliphatic carbocycles. The maximum Gasteiger partial charge on any atom is 0.254 e. The maximum atomic E-state index is 13.5. The molecule has 0 heterocycles. The van der Waals surface area contributed by atoms with Crippen LogP contribution in [0.2, 0.25) is 0 Å². The molecule has 0 saturated heterocycles. The van der Waals surface area contributed by atoms with Crippen LogP contribution in [0, 0.1) is 11.6 Å². The van der Waals surface area contributed by atoms with Gasteiger partial charge in [0.25, 0.3) is 5.91 Å². The second kappa shape index (κ2) is 8.70. The van der Waals surface area contributed by atoms with Gasteiger partial charge in [-0.25, -0.2) is 8.78 Å². The lowest BCUT2D eigenvalue weighted by Crippen LogP contribution is -2.41. The van der Waals surface area contributed by atoms with E-state index in [9.17, 15) is 23.2 Å². The third-order valence-corrected chi connectivity index (χ3v) is 3.45. The first kappa shape index (κ1) is 19.0. The van der Waals surface area contributed by atoms with Crippen LogP contribution in [-0.2, 0) is 9.59 Å². The molecule has 0 radical (unpaired) electrons. The Morgan fingerprint density at radius 2 is 1.65 bits per heavy atom. The molecule has 8 heteroatoms. The van der Waals surface area contributed by atoms with Crippen LogP contribution >= 0.6 is 0 Å². The minimum absolute atomic E-state index is 0.169. The first-order valence-electron chi connectivity index (χ1n) is 7.69. The molecule has 2 rings (SSSR count). The van der Waals surface area contributed by atoms with E-state index >= 15 is 0 Å². The number of likely N-dealkylation sites (N-methyl/N-ethyl adjacent to an activating group) is 1. The first-order chi connectivity index (χ1) is 12.4. The van der Waals surface area contributed by atoms with Crippen molar-refractivity contribution in [2.45, 2.75) is 0 Å². The van der Waals surface area contributed by atoms with E-state index in [0.717, 1.165) is 11.0 Å². The van der Waals surface area contributed by atoms with Crippen LogP contribution in [0.1, 0.15) is 10.4 Å². The lowest BCUT2D eigenvalue weighted by atomic mass is 10.2. The summed E-state index contributed by atoms with van der Waals surface area (Å²) in [4.78, 5) is 36.8. The summed E-state index contributed by atoms with van der Waals surface area (Å²) in [6.45, 7) is -0.640. The molecule has 2 N–H and O–H groups in total. The monoisotopic (exact) mass is 361 g/mol. The smallest absolute Gasteiger partial charge is 0.254 e. The summed E-state index contributed by atoms with van der Waals surface area (Å²) >= 11 is 0. The quantitative estimate of drug-likeness (QED) is 0.823. The number of anilines is 1. The molecule has 0 aromatic heterocycles. The van der Waals surface area contributed by atoms with Crippen molar-refractivity contribution in [3.63, 3.8) is 0 Å². The largest absolute Gasteiger partial charge is 0.343 e. The fraction of sp³-hybridized carbons (Fsp3) is 0.167. The number of carbonyl (C=O) groups is 3. The average Bonchev–Trinajstić information content (AvgIpc) is 2.61. The Morgan fingerprint density at radius 1 is 1.00 bits per heavy atom. The summed E-state index contributed by atoms with van der Waals surface area (Å²) in [5.41, 5.74) is 0.224. The summed E-state index contributed by atoms with van der Waals surface area (Å²) in [5, 5.41) is 4.82. The number of hydrogen-bond acceptors (Lipinski definition) is 3. The standard InChI is InChI=1S/C18H17F2N3O3/c1-23(11-16(24)22-13-8-6-12(19)7-9-13)17(25)10-21-18(26)14-4-2-3-5-15(14)20/h2-9H,10-11H2,1H3,(H,21,26)(H,22,24). The van der Waals surface area contributed by atoms with Gasteiger partial charge in [-0.15, -0.1) is 0 Å². The van der Waals surface area contributed by atoms with Gasteiger partial charge in [0.05, 0.1) is 18.7 Å². The van der Waals surface area contributed by atoms with Crippen molar-refractivity contribution in [1.29, 1.82) is 0 Å². The highest BCUT2D eigenvalue weighted by atomic mass is 19.1. The number of nitrogens with zero attached hydrogens (tertiary/aromatic N) is 1. The van der Waals surface area contributed by atoms with Crippen molar-refractivity contribution in [2.75, 3.05) is 25.5 Å². The molecule has 0 spiro atoms. The van der Waals surface area contributed by atoms with Gasteiger partial charge in [0.1, 0.15) is 11.6 Å². The van der Waals surface area contributed by atoms with Gasteiger partial charge in [-0.1, -0.05) is 12.1 Å². The molecule has 0 unspecified atom stereocenters. The van der Waals surface area contributed by atoms with Crippen LogP contribution in [0.15, 0.2) is 48.5 Å². The highest BCUT2D eigenvalue weighted by molar-refractivity contribution is 5.98. The van der Waals surface area contributed by atoms with Crippen LogP contribution in [0.5, 0.6) is 0 Å². The molecule has 0 atom stereocenters. The molecule has 0 saturated carbocycles. The lowest BCUT2D eigenvalue weighted by Gasteiger charge is -2.17. The molecule has 0 bridgehead atoms. The molecule has 136 valence electrons. The third-order valence-electron chi connectivity index (χ3n) is 3.45. The molecule has 0 aliphatic rings. The summed E-state index contributed by atoms with van der Waals surface area (Å²) < 4.78 is 26.3. The van der Waals surface area contributed by atoms with E-state index in [1.165, 1.54) is 49.5 Å². The van der Waals surface area contributed by atoms with Crippen molar-refractivity contribution in [3.05, 3.63) is 65.7 Å². The van der Waals surface area contributed by atoms with Crippen molar-refractivity contribution in [2.24, 2.45) is 0 Å². The van der Waals surface area contributed by atoms with Gasteiger partial charge in [-0.2, -0.15) is 0 Å². The first-order valence-corrected chi connectivity index (χ1v) is 7.69. The summed E-state index contributed by atoms with van der Waals surface area (Å²) in [7, 11) is 1.39. The zero-order valence-electron chi connectivity index (χ0n) is 14.0. The molecular formula is C18H17F2N3O3. The van der Waals surface area contributed by atoms with Gasteiger partial charge in [-0.05, 0) is 36.4 Å². The second-order valence-corrected chi connectivity index (χ2v) is 5.47. The van der Waals surface area contributed by atoms with E-state index in [-0.39, 0.29) is 18.7 Å². The Kier molecular flexibility index (Phi) is 6.37. The van der Waals surface area contributed by atoms with Gasteiger partial charge in [0, 0.05) is 12.7 Å². The predicted molar refractivity (Wildman–Crippen MR) is 91.4 cm³/mol. The van der Waals surface area contributed by atoms with Crippen LogP contribution < -0.4 is 10.6 Å². The van der Waals surface area contributed by atoms with Crippen LogP contribution in [0.3, 0.4) is 0 Å². The van der Waals surface area contributed by atoms with Crippen LogP contribution in [0.25, 0.3) is 0 Å². The SMILES string of the molecule is CN(CC(=O)Nc1ccc(F)cc1)C(=O)CNC(=O)c1ccccc1F. The minimum Gasteiger partial charge on any atom is -0.343 e. The highest BCUT2D eigenvalue weighted by Gasteiger charge is 2.16. The lowest BCUT2D eigenvalue weighted by molar-refractivity contribution is -0.132. The summed E-state index contributed by atoms with van der Waals surface area (Å²) in [6.07, 6.45) is 0. The second-order valence-electron chi connectivity index (χ2n) is 5.47. The number of benzene rings is 2. The Balaban J connectivity index is 1.81. The molecule has 2 aromatic carbocycles. The average molecular weight is 361 g/mol. The molecular weight excluding hydrogens is 344 g/mol. The highest BCUT2D eigenvalue weighted by Crippen LogP contribution is 2.08. The number of amides is 3. The van der Waals surface area contributed by atoms with Gasteiger partial charge in [0.2, 0.25) is 11.8 Å². The van der Waals surface area contributed by atoms with Crippen LogP contribution in [0.4, 0.5) is 14.5 Å². The normalized spacial score (nSPS) is 10.1. The number of rotatable bonds is 6.